The van der Waals surface area contributed by atoms with Crippen molar-refractivity contribution in [3.05, 3.63) is 40.3 Å². The van der Waals surface area contributed by atoms with Gasteiger partial charge in [-0.2, -0.15) is 0 Å². The van der Waals surface area contributed by atoms with Crippen molar-refractivity contribution in [3.63, 3.8) is 0 Å². The van der Waals surface area contributed by atoms with E-state index < -0.39 is 0 Å². The molecule has 1 aromatic rings. The molecule has 0 saturated carbocycles. The van der Waals surface area contributed by atoms with Crippen LogP contribution in [0.25, 0.3) is 10.4 Å². The van der Waals surface area contributed by atoms with E-state index in [0.29, 0.717) is 0 Å². The van der Waals surface area contributed by atoms with E-state index in [0.717, 1.165) is 17.7 Å². The summed E-state index contributed by atoms with van der Waals surface area (Å²) in [6.07, 6.45) is 0.737. The molecule has 4 nitrogen and oxygen atoms in total. The summed E-state index contributed by atoms with van der Waals surface area (Å²) in [6.45, 7) is 1.89. The van der Waals surface area contributed by atoms with E-state index in [2.05, 4.69) is 10.0 Å². The van der Waals surface area contributed by atoms with E-state index in [1.165, 1.54) is 0 Å². The topological polar surface area (TPSA) is 58.0 Å². The average molecular weight is 191 g/mol. The van der Waals surface area contributed by atoms with Gasteiger partial charge in [-0.15, -0.1) is 0 Å². The van der Waals surface area contributed by atoms with Crippen molar-refractivity contribution >= 4 is 0 Å². The molecule has 0 fully saturated rings. The number of ether oxygens (including phenoxy) is 1. The number of methoxy groups -OCH3 is 1. The second-order valence-electron chi connectivity index (χ2n) is 3.11. The van der Waals surface area contributed by atoms with Crippen LogP contribution in [0.15, 0.2) is 29.4 Å². The first-order valence-corrected chi connectivity index (χ1v) is 4.43. The predicted octanol–water partition coefficient (Wildman–Crippen LogP) is 2.94. The van der Waals surface area contributed by atoms with Gasteiger partial charge in [-0.25, -0.2) is 0 Å². The van der Waals surface area contributed by atoms with Gasteiger partial charge in [0.2, 0.25) is 0 Å². The van der Waals surface area contributed by atoms with Crippen molar-refractivity contribution in [1.82, 2.24) is 0 Å². The Morgan fingerprint density at radius 1 is 1.57 bits per heavy atom. The monoisotopic (exact) mass is 191 g/mol. The molecule has 4 heteroatoms. The maximum absolute atomic E-state index is 8.25. The minimum absolute atomic E-state index is 0.0212. The third-order valence-electron chi connectivity index (χ3n) is 1.91. The first-order chi connectivity index (χ1) is 6.76. The van der Waals surface area contributed by atoms with Gasteiger partial charge >= 0.3 is 0 Å². The van der Waals surface area contributed by atoms with Crippen LogP contribution < -0.4 is 4.74 Å². The number of azide groups is 1. The highest BCUT2D eigenvalue weighted by atomic mass is 16.5. The number of nitrogens with zero attached hydrogens (tertiary/aromatic N) is 3. The van der Waals surface area contributed by atoms with Gasteiger partial charge < -0.3 is 4.74 Å². The largest absolute Gasteiger partial charge is 0.497 e. The standard InChI is InChI=1S/C10H13N3O/c1-8(12-13-11)6-9-4-3-5-10(7-9)14-2/h3-5,7-8H,6H2,1-2H3/t8-/m1/s1. The smallest absolute Gasteiger partial charge is 0.119 e. The van der Waals surface area contributed by atoms with Crippen LogP contribution in [0.1, 0.15) is 12.5 Å². The lowest BCUT2D eigenvalue weighted by atomic mass is 10.1. The number of hydrogen-bond acceptors (Lipinski definition) is 2. The lowest BCUT2D eigenvalue weighted by Crippen LogP contribution is -2.01. The highest BCUT2D eigenvalue weighted by Gasteiger charge is 2.01. The normalized spacial score (nSPS) is 11.6. The van der Waals surface area contributed by atoms with E-state index in [4.69, 9.17) is 10.3 Å². The molecular weight excluding hydrogens is 178 g/mol. The second kappa shape index (κ2) is 5.14. The van der Waals surface area contributed by atoms with Gasteiger partial charge in [0.25, 0.3) is 0 Å². The zero-order chi connectivity index (χ0) is 10.4. The fourth-order valence-corrected chi connectivity index (χ4v) is 1.27. The Hall–Kier alpha value is -1.67. The molecule has 14 heavy (non-hydrogen) atoms. The van der Waals surface area contributed by atoms with Crippen LogP contribution in [-0.4, -0.2) is 13.2 Å². The Morgan fingerprint density at radius 3 is 3.00 bits per heavy atom. The van der Waals surface area contributed by atoms with Gasteiger partial charge in [0.15, 0.2) is 0 Å². The van der Waals surface area contributed by atoms with Gasteiger partial charge in [-0.05, 0) is 29.6 Å². The van der Waals surface area contributed by atoms with E-state index in [1.54, 1.807) is 7.11 Å². The molecule has 1 atom stereocenters. The summed E-state index contributed by atoms with van der Waals surface area (Å²) in [5, 5.41) is 3.62. The van der Waals surface area contributed by atoms with Gasteiger partial charge in [0.05, 0.1) is 7.11 Å². The SMILES string of the molecule is COc1cccc(C[C@@H](C)N=[N+]=[N-])c1. The molecule has 0 heterocycles. The lowest BCUT2D eigenvalue weighted by Gasteiger charge is -2.06. The van der Waals surface area contributed by atoms with Gasteiger partial charge in [-0.3, -0.25) is 0 Å². The summed E-state index contributed by atoms with van der Waals surface area (Å²) < 4.78 is 5.09. The summed E-state index contributed by atoms with van der Waals surface area (Å²) in [4.78, 5) is 2.77. The van der Waals surface area contributed by atoms with Crippen molar-refractivity contribution in [2.24, 2.45) is 5.11 Å². The fourth-order valence-electron chi connectivity index (χ4n) is 1.27. The maximum atomic E-state index is 8.25. The molecule has 0 amide bonds. The Bertz CT molecular complexity index is 345. The molecule has 74 valence electrons. The van der Waals surface area contributed by atoms with Gasteiger partial charge in [0.1, 0.15) is 5.75 Å². The number of benzene rings is 1. The van der Waals surface area contributed by atoms with E-state index in [9.17, 15) is 0 Å². The van der Waals surface area contributed by atoms with Gasteiger partial charge in [0, 0.05) is 11.0 Å². The molecule has 0 radical (unpaired) electrons. The van der Waals surface area contributed by atoms with Crippen molar-refractivity contribution in [2.45, 2.75) is 19.4 Å². The van der Waals surface area contributed by atoms with Crippen LogP contribution >= 0.6 is 0 Å². The lowest BCUT2D eigenvalue weighted by molar-refractivity contribution is 0.414. The highest BCUT2D eigenvalue weighted by Crippen LogP contribution is 2.14. The Balaban J connectivity index is 2.71. The molecule has 0 bridgehead atoms. The molecule has 0 spiro atoms. The molecule has 1 rings (SSSR count). The van der Waals surface area contributed by atoms with Crippen molar-refractivity contribution < 1.29 is 4.74 Å². The Kier molecular flexibility index (Phi) is 3.83. The number of rotatable bonds is 4. The predicted molar refractivity (Wildman–Crippen MR) is 55.3 cm³/mol. The third-order valence-corrected chi connectivity index (χ3v) is 1.91. The van der Waals surface area contributed by atoms with Crippen LogP contribution in [0.3, 0.4) is 0 Å². The molecule has 0 saturated heterocycles. The first kappa shape index (κ1) is 10.4. The van der Waals surface area contributed by atoms with Crippen LogP contribution in [-0.2, 0) is 6.42 Å². The average Bonchev–Trinajstić information content (AvgIpc) is 2.18. The maximum Gasteiger partial charge on any atom is 0.119 e. The molecular formula is C10H13N3O. The summed E-state index contributed by atoms with van der Waals surface area (Å²) in [7, 11) is 1.63. The molecule has 1 aromatic carbocycles. The molecule has 0 N–H and O–H groups in total. The van der Waals surface area contributed by atoms with E-state index >= 15 is 0 Å². The van der Waals surface area contributed by atoms with Crippen LogP contribution in [0.5, 0.6) is 5.75 Å². The van der Waals surface area contributed by atoms with Crippen LogP contribution in [0.4, 0.5) is 0 Å². The third kappa shape index (κ3) is 2.99. The van der Waals surface area contributed by atoms with Crippen LogP contribution in [0, 0.1) is 0 Å². The van der Waals surface area contributed by atoms with Crippen molar-refractivity contribution in [2.75, 3.05) is 7.11 Å². The Labute approximate surface area is 83.1 Å². The summed E-state index contributed by atoms with van der Waals surface area (Å²) in [5.41, 5.74) is 9.36. The van der Waals surface area contributed by atoms with Crippen LogP contribution in [0.2, 0.25) is 0 Å². The van der Waals surface area contributed by atoms with E-state index in [-0.39, 0.29) is 6.04 Å². The number of hydrogen-bond donors (Lipinski definition) is 0. The van der Waals surface area contributed by atoms with Gasteiger partial charge in [-0.1, -0.05) is 24.2 Å². The quantitative estimate of drug-likeness (QED) is 0.410. The van der Waals surface area contributed by atoms with Crippen molar-refractivity contribution in [3.8, 4) is 5.75 Å². The fraction of sp³-hybridized carbons (Fsp3) is 0.400. The molecule has 0 aliphatic rings. The molecule has 0 aliphatic heterocycles. The minimum Gasteiger partial charge on any atom is -0.497 e. The van der Waals surface area contributed by atoms with Crippen molar-refractivity contribution in [1.29, 1.82) is 0 Å². The summed E-state index contributed by atoms with van der Waals surface area (Å²) in [6, 6.07) is 7.74. The first-order valence-electron chi connectivity index (χ1n) is 4.43. The molecule has 0 aromatic heterocycles. The Morgan fingerprint density at radius 2 is 2.36 bits per heavy atom. The summed E-state index contributed by atoms with van der Waals surface area (Å²) in [5.74, 6) is 0.829. The zero-order valence-corrected chi connectivity index (χ0v) is 8.34. The zero-order valence-electron chi connectivity index (χ0n) is 8.34. The molecule has 0 aliphatic carbocycles. The highest BCUT2D eigenvalue weighted by molar-refractivity contribution is 5.28. The molecule has 0 unspecified atom stereocenters. The summed E-state index contributed by atoms with van der Waals surface area (Å²) >= 11 is 0. The van der Waals surface area contributed by atoms with E-state index in [1.807, 2.05) is 31.2 Å². The second-order valence-corrected chi connectivity index (χ2v) is 3.11. The minimum atomic E-state index is -0.0212.